The van der Waals surface area contributed by atoms with Gasteiger partial charge in [0, 0.05) is 74.8 Å². The quantitative estimate of drug-likeness (QED) is 0.577. The number of rotatable bonds is 5. The molecular weight excluding hydrogens is 398 g/mol. The van der Waals surface area contributed by atoms with Crippen LogP contribution in [0.3, 0.4) is 0 Å². The molecule has 1 saturated heterocycles. The number of ether oxygens (including phenoxy) is 3. The predicted octanol–water partition coefficient (Wildman–Crippen LogP) is 0.502. The minimum Gasteiger partial charge on any atom is -0.392 e. The van der Waals surface area contributed by atoms with Crippen LogP contribution in [0.5, 0.6) is 0 Å². The minimum absolute atomic E-state index is 0.0248. The Hall–Kier alpha value is -0.280. The van der Waals surface area contributed by atoms with Gasteiger partial charge in [0.05, 0.1) is 36.6 Å². The number of hydrogen-bond acceptors (Lipinski definition) is 7. The summed E-state index contributed by atoms with van der Waals surface area (Å²) in [5.41, 5.74) is -1.54. The number of aliphatic hydroxyl groups is 3. The number of likely N-dealkylation sites (tertiary alicyclic amines) is 1. The Morgan fingerprint density at radius 3 is 2.52 bits per heavy atom. The first-order chi connectivity index (χ1) is 14.9. The lowest BCUT2D eigenvalue weighted by molar-refractivity contribution is -0.272. The van der Waals surface area contributed by atoms with Crippen LogP contribution in [-0.4, -0.2) is 97.3 Å². The Morgan fingerprint density at radius 2 is 1.87 bits per heavy atom. The maximum Gasteiger partial charge on any atom is 0.0796 e. The van der Waals surface area contributed by atoms with Crippen molar-refractivity contribution in [1.82, 2.24) is 4.90 Å². The summed E-state index contributed by atoms with van der Waals surface area (Å²) in [6.07, 6.45) is 1.65. The molecule has 7 nitrogen and oxygen atoms in total. The van der Waals surface area contributed by atoms with Crippen LogP contribution >= 0.6 is 0 Å². The molecule has 1 spiro atoms. The van der Waals surface area contributed by atoms with Crippen LogP contribution in [0.2, 0.25) is 0 Å². The molecule has 6 aliphatic rings. The molecule has 0 amide bonds. The Labute approximate surface area is 185 Å². The van der Waals surface area contributed by atoms with Crippen LogP contribution in [-0.2, 0) is 14.2 Å². The van der Waals surface area contributed by atoms with Gasteiger partial charge < -0.3 is 29.5 Å². The van der Waals surface area contributed by atoms with Crippen LogP contribution in [0.15, 0.2) is 0 Å². The molecule has 1 aliphatic heterocycles. The van der Waals surface area contributed by atoms with E-state index >= 15 is 0 Å². The molecule has 0 radical (unpaired) electrons. The zero-order valence-corrected chi connectivity index (χ0v) is 19.2. The lowest BCUT2D eigenvalue weighted by atomic mass is 9.43. The number of hydrogen-bond donors (Lipinski definition) is 3. The van der Waals surface area contributed by atoms with Gasteiger partial charge in [-0.05, 0) is 31.7 Å². The summed E-state index contributed by atoms with van der Waals surface area (Å²) in [7, 11) is 5.24. The van der Waals surface area contributed by atoms with E-state index in [4.69, 9.17) is 14.2 Å². The maximum absolute atomic E-state index is 12.5. The van der Waals surface area contributed by atoms with E-state index in [1.54, 1.807) is 21.3 Å². The van der Waals surface area contributed by atoms with Crippen molar-refractivity contribution < 1.29 is 29.5 Å². The third-order valence-electron chi connectivity index (χ3n) is 11.1. The first-order valence-electron chi connectivity index (χ1n) is 12.2. The molecule has 1 unspecified atom stereocenters. The van der Waals surface area contributed by atoms with Crippen LogP contribution in [0.1, 0.15) is 32.6 Å². The smallest absolute Gasteiger partial charge is 0.0796 e. The standard InChI is InChI=1S/C24H39NO6/c1-5-25-10-22(11-29-2)7-6-15(26)24-13-8-12-14(30-3)9-23(28,16(13)18(12)27)17(21(24)25)19(31-4)20(22)24/h12-21,26-28H,5-11H2,1-4H3/t12-,13-,14+,15+,16-,17+,18+,19+,20-,21?,22+,23-,24+/m1/s1. The molecule has 7 bridgehead atoms. The zero-order valence-electron chi connectivity index (χ0n) is 19.2. The van der Waals surface area contributed by atoms with E-state index in [-0.39, 0.29) is 58.7 Å². The van der Waals surface area contributed by atoms with Gasteiger partial charge in [-0.3, -0.25) is 4.90 Å². The molecule has 176 valence electrons. The van der Waals surface area contributed by atoms with Crippen LogP contribution in [0.25, 0.3) is 0 Å². The Bertz CT molecular complexity index is 752. The van der Waals surface area contributed by atoms with Gasteiger partial charge in [-0.15, -0.1) is 0 Å². The van der Waals surface area contributed by atoms with E-state index in [0.717, 1.165) is 32.4 Å². The van der Waals surface area contributed by atoms with Crippen LogP contribution in [0.4, 0.5) is 0 Å². The Kier molecular flexibility index (Phi) is 4.56. The van der Waals surface area contributed by atoms with Crippen LogP contribution < -0.4 is 0 Å². The fourth-order valence-electron chi connectivity index (χ4n) is 10.7. The van der Waals surface area contributed by atoms with Crippen LogP contribution in [0, 0.1) is 40.4 Å². The molecule has 6 fully saturated rings. The second kappa shape index (κ2) is 6.65. The molecule has 13 atom stereocenters. The Balaban J connectivity index is 1.62. The van der Waals surface area contributed by atoms with Crippen molar-refractivity contribution in [2.45, 2.75) is 68.7 Å². The van der Waals surface area contributed by atoms with Crippen molar-refractivity contribution in [2.24, 2.45) is 40.4 Å². The topological polar surface area (TPSA) is 91.6 Å². The first-order valence-corrected chi connectivity index (χ1v) is 12.2. The summed E-state index contributed by atoms with van der Waals surface area (Å²) >= 11 is 0. The van der Waals surface area contributed by atoms with Gasteiger partial charge in [-0.1, -0.05) is 6.92 Å². The molecule has 5 aliphatic carbocycles. The summed E-state index contributed by atoms with van der Waals surface area (Å²) in [6.45, 7) is 4.63. The average molecular weight is 438 g/mol. The van der Waals surface area contributed by atoms with Crippen molar-refractivity contribution in [3.63, 3.8) is 0 Å². The lowest BCUT2D eigenvalue weighted by Crippen LogP contribution is -2.76. The van der Waals surface area contributed by atoms with E-state index in [0.29, 0.717) is 13.0 Å². The van der Waals surface area contributed by atoms with Crippen molar-refractivity contribution in [1.29, 1.82) is 0 Å². The van der Waals surface area contributed by atoms with Crippen molar-refractivity contribution in [2.75, 3.05) is 41.0 Å². The van der Waals surface area contributed by atoms with E-state index in [9.17, 15) is 15.3 Å². The molecule has 3 N–H and O–H groups in total. The van der Waals surface area contributed by atoms with Crippen molar-refractivity contribution >= 4 is 0 Å². The third kappa shape index (κ3) is 2.12. The molecule has 7 heteroatoms. The van der Waals surface area contributed by atoms with Crippen molar-refractivity contribution in [3.05, 3.63) is 0 Å². The van der Waals surface area contributed by atoms with Gasteiger partial charge in [0.1, 0.15) is 0 Å². The highest BCUT2D eigenvalue weighted by molar-refractivity contribution is 5.35. The fourth-order valence-corrected chi connectivity index (χ4v) is 10.7. The fraction of sp³-hybridized carbons (Fsp3) is 1.00. The predicted molar refractivity (Wildman–Crippen MR) is 112 cm³/mol. The molecule has 0 aromatic carbocycles. The maximum atomic E-state index is 12.5. The number of nitrogens with zero attached hydrogens (tertiary/aromatic N) is 1. The number of methoxy groups -OCH3 is 3. The summed E-state index contributed by atoms with van der Waals surface area (Å²) in [6, 6.07) is 0.0561. The summed E-state index contributed by atoms with van der Waals surface area (Å²) in [4.78, 5) is 2.52. The molecule has 0 aromatic rings. The molecule has 31 heavy (non-hydrogen) atoms. The van der Waals surface area contributed by atoms with Gasteiger partial charge >= 0.3 is 0 Å². The van der Waals surface area contributed by atoms with E-state index in [1.807, 2.05) is 0 Å². The van der Waals surface area contributed by atoms with Gasteiger partial charge in [0.2, 0.25) is 0 Å². The number of aliphatic hydroxyl groups excluding tert-OH is 2. The lowest BCUT2D eigenvalue weighted by Gasteiger charge is -2.68. The van der Waals surface area contributed by atoms with Crippen molar-refractivity contribution in [3.8, 4) is 0 Å². The highest BCUT2D eigenvalue weighted by Crippen LogP contribution is 2.79. The molecule has 1 heterocycles. The number of fused-ring (bicyclic) bond motifs is 2. The highest BCUT2D eigenvalue weighted by atomic mass is 16.5. The summed E-state index contributed by atoms with van der Waals surface area (Å²) in [5, 5.41) is 35.7. The monoisotopic (exact) mass is 437 g/mol. The molecule has 0 aromatic heterocycles. The van der Waals surface area contributed by atoms with E-state index in [1.165, 1.54) is 0 Å². The third-order valence-corrected chi connectivity index (χ3v) is 11.1. The van der Waals surface area contributed by atoms with Gasteiger partial charge in [0.15, 0.2) is 0 Å². The highest BCUT2D eigenvalue weighted by Gasteiger charge is 2.86. The normalized spacial score (nSPS) is 61.6. The minimum atomic E-state index is -1.05. The SMILES string of the molecule is CCN1C[C@]2(COC)CC[C@H](O)[C@]34C1[C@H]([C@H](OC)[C@H]23)[C@@]1(O)C[C@H](OC)[C@H]2C[C@@H]4[C@@H]1[C@H]2O. The van der Waals surface area contributed by atoms with E-state index < -0.39 is 17.8 Å². The summed E-state index contributed by atoms with van der Waals surface area (Å²) < 4.78 is 18.0. The van der Waals surface area contributed by atoms with Gasteiger partial charge in [-0.25, -0.2) is 0 Å². The Morgan fingerprint density at radius 1 is 1.10 bits per heavy atom. The van der Waals surface area contributed by atoms with Gasteiger partial charge in [0.25, 0.3) is 0 Å². The second-order valence-corrected chi connectivity index (χ2v) is 11.6. The van der Waals surface area contributed by atoms with Gasteiger partial charge in [-0.2, -0.15) is 0 Å². The van der Waals surface area contributed by atoms with E-state index in [2.05, 4.69) is 11.8 Å². The molecule has 6 rings (SSSR count). The summed E-state index contributed by atoms with van der Waals surface area (Å²) in [5.74, 6) is -0.168. The first kappa shape index (κ1) is 21.3. The second-order valence-electron chi connectivity index (χ2n) is 11.6. The zero-order chi connectivity index (χ0) is 21.9. The average Bonchev–Trinajstić information content (AvgIpc) is 3.16. The molecular formula is C24H39NO6. The molecule has 5 saturated carbocycles. The number of piperidine rings is 1. The largest absolute Gasteiger partial charge is 0.392 e.